The zero-order valence-corrected chi connectivity index (χ0v) is 17.9. The van der Waals surface area contributed by atoms with Crippen molar-refractivity contribution in [2.75, 3.05) is 13.2 Å². The number of hydrogen-bond acceptors (Lipinski definition) is 5. The number of hydrogen-bond donors (Lipinski definition) is 2. The molecule has 0 aliphatic heterocycles. The van der Waals surface area contributed by atoms with Gasteiger partial charge in [0.15, 0.2) is 11.5 Å². The number of ether oxygens (including phenoxy) is 2. The summed E-state index contributed by atoms with van der Waals surface area (Å²) in [6.45, 7) is -0.331. The van der Waals surface area contributed by atoms with Crippen LogP contribution in [-0.4, -0.2) is 48.7 Å². The number of halogens is 2. The molecule has 0 radical (unpaired) electrons. The van der Waals surface area contributed by atoms with E-state index in [0.29, 0.717) is 13.2 Å². The first-order chi connectivity index (χ1) is 14.9. The lowest BCUT2D eigenvalue weighted by Crippen LogP contribution is -2.48. The highest BCUT2D eigenvalue weighted by Crippen LogP contribution is 2.32. The van der Waals surface area contributed by atoms with Gasteiger partial charge in [0, 0.05) is 18.6 Å². The van der Waals surface area contributed by atoms with E-state index >= 15 is 0 Å². The molecule has 0 aromatic heterocycles. The Morgan fingerprint density at radius 1 is 1.13 bits per heavy atom. The van der Waals surface area contributed by atoms with Gasteiger partial charge in [0.2, 0.25) is 5.91 Å². The van der Waals surface area contributed by atoms with Gasteiger partial charge in [-0.2, -0.15) is 8.78 Å². The first-order valence-electron chi connectivity index (χ1n) is 11.0. The summed E-state index contributed by atoms with van der Waals surface area (Å²) in [7, 11) is 0. The number of carbonyl (C=O) groups is 2. The number of nitrogens with one attached hydrogen (secondary N) is 2. The summed E-state index contributed by atoms with van der Waals surface area (Å²) in [5.74, 6) is -0.133. The fourth-order valence-corrected chi connectivity index (χ4v) is 3.92. The molecular formula is C22H31F2N3O4. The van der Waals surface area contributed by atoms with Gasteiger partial charge in [-0.25, -0.2) is 4.79 Å². The molecule has 172 valence electrons. The third-order valence-electron chi connectivity index (χ3n) is 5.51. The van der Waals surface area contributed by atoms with Crippen LogP contribution >= 0.6 is 0 Å². The van der Waals surface area contributed by atoms with Crippen LogP contribution in [0.15, 0.2) is 18.2 Å². The maximum absolute atomic E-state index is 12.6. The molecule has 9 heteroatoms. The summed E-state index contributed by atoms with van der Waals surface area (Å²) in [5, 5.41) is 5.31. The van der Waals surface area contributed by atoms with Gasteiger partial charge >= 0.3 is 12.6 Å². The number of rotatable bonds is 10. The Morgan fingerprint density at radius 3 is 2.52 bits per heavy atom. The van der Waals surface area contributed by atoms with Gasteiger partial charge < -0.3 is 14.8 Å². The van der Waals surface area contributed by atoms with Crippen LogP contribution in [0.3, 0.4) is 0 Å². The highest BCUT2D eigenvalue weighted by atomic mass is 19.3. The van der Waals surface area contributed by atoms with Crippen LogP contribution in [0.25, 0.3) is 0 Å². The van der Waals surface area contributed by atoms with Crippen LogP contribution in [0.5, 0.6) is 11.5 Å². The van der Waals surface area contributed by atoms with Gasteiger partial charge in [0.1, 0.15) is 0 Å². The SMILES string of the molecule is CCOc1cc(CN(CC(=O)NC(=O)NC2CCCCC2)C2CC2)ccc1OC(F)F. The fraction of sp³-hybridized carbons (Fsp3) is 0.636. The van der Waals surface area contributed by atoms with Crippen molar-refractivity contribution >= 4 is 11.9 Å². The van der Waals surface area contributed by atoms with Crippen molar-refractivity contribution in [3.05, 3.63) is 23.8 Å². The van der Waals surface area contributed by atoms with E-state index in [1.165, 1.54) is 12.5 Å². The lowest BCUT2D eigenvalue weighted by Gasteiger charge is -2.24. The third kappa shape index (κ3) is 7.65. The van der Waals surface area contributed by atoms with Crippen molar-refractivity contribution in [3.63, 3.8) is 0 Å². The van der Waals surface area contributed by atoms with Gasteiger partial charge in [-0.1, -0.05) is 25.3 Å². The summed E-state index contributed by atoms with van der Waals surface area (Å²) in [6, 6.07) is 4.74. The predicted octanol–water partition coefficient (Wildman–Crippen LogP) is 3.81. The number of alkyl halides is 2. The van der Waals surface area contributed by atoms with Crippen molar-refractivity contribution < 1.29 is 27.8 Å². The maximum atomic E-state index is 12.6. The molecule has 3 amide bonds. The normalized spacial score (nSPS) is 16.9. The summed E-state index contributed by atoms with van der Waals surface area (Å²) in [5.41, 5.74) is 0.816. The number of urea groups is 1. The Morgan fingerprint density at radius 2 is 1.87 bits per heavy atom. The van der Waals surface area contributed by atoms with E-state index < -0.39 is 12.6 Å². The second kappa shape index (κ2) is 11.3. The topological polar surface area (TPSA) is 79.9 Å². The van der Waals surface area contributed by atoms with E-state index in [-0.39, 0.29) is 36.0 Å². The first-order valence-corrected chi connectivity index (χ1v) is 11.0. The molecule has 0 atom stereocenters. The highest BCUT2D eigenvalue weighted by Gasteiger charge is 2.31. The summed E-state index contributed by atoms with van der Waals surface area (Å²) in [6.07, 6.45) is 7.24. The molecule has 2 saturated carbocycles. The Kier molecular flexibility index (Phi) is 8.45. The van der Waals surface area contributed by atoms with Crippen LogP contribution in [0.2, 0.25) is 0 Å². The molecule has 3 rings (SSSR count). The molecule has 7 nitrogen and oxygen atoms in total. The molecule has 1 aromatic rings. The van der Waals surface area contributed by atoms with Crippen molar-refractivity contribution in [2.24, 2.45) is 0 Å². The molecule has 0 unspecified atom stereocenters. The second-order valence-electron chi connectivity index (χ2n) is 8.09. The summed E-state index contributed by atoms with van der Waals surface area (Å²) in [4.78, 5) is 26.6. The number of imide groups is 1. The molecule has 2 N–H and O–H groups in total. The standard InChI is InChI=1S/C22H31F2N3O4/c1-2-30-19-12-15(8-11-18(19)31-21(23)24)13-27(17-9-10-17)14-20(28)26-22(29)25-16-6-4-3-5-7-16/h8,11-12,16-17,21H,2-7,9-10,13-14H2,1H3,(H2,25,26,28,29). The first kappa shape index (κ1) is 23.2. The summed E-state index contributed by atoms with van der Waals surface area (Å²) < 4.78 is 35.1. The number of nitrogens with zero attached hydrogens (tertiary/aromatic N) is 1. The van der Waals surface area contributed by atoms with E-state index in [2.05, 4.69) is 15.4 Å². The largest absolute Gasteiger partial charge is 0.490 e. The molecule has 0 spiro atoms. The summed E-state index contributed by atoms with van der Waals surface area (Å²) >= 11 is 0. The molecule has 0 saturated heterocycles. The van der Waals surface area contributed by atoms with E-state index in [1.54, 1.807) is 19.1 Å². The van der Waals surface area contributed by atoms with Gasteiger partial charge in [-0.15, -0.1) is 0 Å². The Hall–Kier alpha value is -2.42. The molecule has 31 heavy (non-hydrogen) atoms. The van der Waals surface area contributed by atoms with Gasteiger partial charge in [0.25, 0.3) is 0 Å². The lowest BCUT2D eigenvalue weighted by molar-refractivity contribution is -0.121. The van der Waals surface area contributed by atoms with Crippen molar-refractivity contribution in [2.45, 2.75) is 77.1 Å². The average molecular weight is 440 g/mol. The van der Waals surface area contributed by atoms with E-state index in [9.17, 15) is 18.4 Å². The number of benzene rings is 1. The average Bonchev–Trinajstić information content (AvgIpc) is 3.55. The highest BCUT2D eigenvalue weighted by molar-refractivity contribution is 5.95. The van der Waals surface area contributed by atoms with Crippen LogP contribution in [0, 0.1) is 0 Å². The minimum absolute atomic E-state index is 0.0179. The van der Waals surface area contributed by atoms with Crippen molar-refractivity contribution in [1.82, 2.24) is 15.5 Å². The molecule has 0 heterocycles. The third-order valence-corrected chi connectivity index (χ3v) is 5.51. The van der Waals surface area contributed by atoms with Crippen LogP contribution in [0.1, 0.15) is 57.4 Å². The van der Waals surface area contributed by atoms with Crippen LogP contribution < -0.4 is 20.1 Å². The zero-order chi connectivity index (χ0) is 22.2. The quantitative estimate of drug-likeness (QED) is 0.580. The Balaban J connectivity index is 1.56. The van der Waals surface area contributed by atoms with Gasteiger partial charge in [-0.05, 0) is 50.3 Å². The second-order valence-corrected chi connectivity index (χ2v) is 8.09. The van der Waals surface area contributed by atoms with Crippen molar-refractivity contribution in [3.8, 4) is 11.5 Å². The lowest BCUT2D eigenvalue weighted by atomic mass is 9.96. The smallest absolute Gasteiger partial charge is 0.387 e. The molecular weight excluding hydrogens is 408 g/mol. The van der Waals surface area contributed by atoms with E-state index in [4.69, 9.17) is 4.74 Å². The van der Waals surface area contributed by atoms with E-state index in [1.807, 2.05) is 4.90 Å². The Labute approximate surface area is 181 Å². The van der Waals surface area contributed by atoms with Gasteiger partial charge in [-0.3, -0.25) is 15.0 Å². The maximum Gasteiger partial charge on any atom is 0.387 e. The Bertz CT molecular complexity index is 752. The predicted molar refractivity (Wildman–Crippen MR) is 111 cm³/mol. The zero-order valence-electron chi connectivity index (χ0n) is 17.9. The molecule has 2 aliphatic rings. The van der Waals surface area contributed by atoms with Gasteiger partial charge in [0.05, 0.1) is 13.2 Å². The molecule has 2 fully saturated rings. The molecule has 0 bridgehead atoms. The van der Waals surface area contributed by atoms with Crippen LogP contribution in [0.4, 0.5) is 13.6 Å². The minimum Gasteiger partial charge on any atom is -0.490 e. The fourth-order valence-electron chi connectivity index (χ4n) is 3.92. The van der Waals surface area contributed by atoms with E-state index in [0.717, 1.165) is 44.1 Å². The van der Waals surface area contributed by atoms with Crippen LogP contribution in [-0.2, 0) is 11.3 Å². The molecule has 1 aromatic carbocycles. The van der Waals surface area contributed by atoms with Crippen molar-refractivity contribution in [1.29, 1.82) is 0 Å². The molecule has 2 aliphatic carbocycles. The monoisotopic (exact) mass is 439 g/mol. The number of carbonyl (C=O) groups excluding carboxylic acids is 2. The number of amides is 3. The minimum atomic E-state index is -2.93.